The van der Waals surface area contributed by atoms with Crippen LogP contribution in [-0.4, -0.2) is 10.9 Å². The number of aryl methyl sites for hydroxylation is 1. The van der Waals surface area contributed by atoms with E-state index in [1.165, 1.54) is 61.6 Å². The first kappa shape index (κ1) is 20.9. The zero-order chi connectivity index (χ0) is 20.8. The van der Waals surface area contributed by atoms with Crippen LogP contribution in [0.5, 0.6) is 0 Å². The van der Waals surface area contributed by atoms with E-state index < -0.39 is 0 Å². The number of benzene rings is 1. The van der Waals surface area contributed by atoms with Crippen molar-refractivity contribution in [1.82, 2.24) is 0 Å². The molecule has 29 heavy (non-hydrogen) atoms. The SMILES string of the molecule is Cc1cccc2c1[C@H]1CC[C@]3(C)C(C(C)CCCC(C)C)CC[C@H]3[C@@H]1C/C2=N/O. The van der Waals surface area contributed by atoms with E-state index in [4.69, 9.17) is 0 Å². The summed E-state index contributed by atoms with van der Waals surface area (Å²) in [6.07, 6.45) is 10.6. The lowest BCUT2D eigenvalue weighted by atomic mass is 9.52. The van der Waals surface area contributed by atoms with E-state index in [0.29, 0.717) is 17.3 Å². The monoisotopic (exact) mass is 395 g/mol. The van der Waals surface area contributed by atoms with Crippen LogP contribution in [-0.2, 0) is 0 Å². The molecule has 0 amide bonds. The smallest absolute Gasteiger partial charge is 0.0873 e. The fourth-order valence-corrected chi connectivity index (χ4v) is 7.81. The Bertz CT molecular complexity index is 766. The van der Waals surface area contributed by atoms with Crippen LogP contribution in [0.1, 0.15) is 102 Å². The van der Waals surface area contributed by atoms with Crippen LogP contribution in [0.3, 0.4) is 0 Å². The molecule has 2 unspecified atom stereocenters. The molecule has 160 valence electrons. The Morgan fingerprint density at radius 3 is 2.66 bits per heavy atom. The summed E-state index contributed by atoms with van der Waals surface area (Å²) in [7, 11) is 0. The molecule has 3 aliphatic carbocycles. The molecule has 0 aromatic heterocycles. The second-order valence-corrected chi connectivity index (χ2v) is 11.2. The number of oxime groups is 1. The van der Waals surface area contributed by atoms with Gasteiger partial charge in [-0.1, -0.05) is 70.3 Å². The van der Waals surface area contributed by atoms with Crippen molar-refractivity contribution in [3.05, 3.63) is 34.9 Å². The molecule has 2 nitrogen and oxygen atoms in total. The predicted molar refractivity (Wildman–Crippen MR) is 122 cm³/mol. The summed E-state index contributed by atoms with van der Waals surface area (Å²) < 4.78 is 0. The molecule has 0 radical (unpaired) electrons. The lowest BCUT2D eigenvalue weighted by molar-refractivity contribution is 0.0168. The number of nitrogens with zero attached hydrogens (tertiary/aromatic N) is 1. The molecule has 1 N–H and O–H groups in total. The zero-order valence-electron chi connectivity index (χ0n) is 19.2. The second kappa shape index (κ2) is 8.08. The van der Waals surface area contributed by atoms with E-state index in [-0.39, 0.29) is 0 Å². The van der Waals surface area contributed by atoms with E-state index in [0.717, 1.165) is 35.8 Å². The summed E-state index contributed by atoms with van der Waals surface area (Å²) in [4.78, 5) is 0. The second-order valence-electron chi connectivity index (χ2n) is 11.2. The highest BCUT2D eigenvalue weighted by atomic mass is 16.4. The third-order valence-corrected chi connectivity index (χ3v) is 9.19. The highest BCUT2D eigenvalue weighted by Gasteiger charge is 2.56. The molecule has 3 aliphatic rings. The third-order valence-electron chi connectivity index (χ3n) is 9.19. The quantitative estimate of drug-likeness (QED) is 0.405. The highest BCUT2D eigenvalue weighted by Crippen LogP contribution is 2.64. The van der Waals surface area contributed by atoms with Crippen LogP contribution in [0.15, 0.2) is 23.4 Å². The van der Waals surface area contributed by atoms with Gasteiger partial charge in [0.05, 0.1) is 5.71 Å². The van der Waals surface area contributed by atoms with E-state index in [2.05, 4.69) is 58.0 Å². The van der Waals surface area contributed by atoms with Crippen molar-refractivity contribution in [2.24, 2.45) is 40.2 Å². The van der Waals surface area contributed by atoms with Gasteiger partial charge in [0.25, 0.3) is 0 Å². The topological polar surface area (TPSA) is 32.6 Å². The Kier molecular flexibility index (Phi) is 5.84. The van der Waals surface area contributed by atoms with Crippen LogP contribution in [0.4, 0.5) is 0 Å². The molecule has 0 saturated heterocycles. The first-order valence-corrected chi connectivity index (χ1v) is 12.2. The molecule has 0 aliphatic heterocycles. The Balaban J connectivity index is 1.58. The summed E-state index contributed by atoms with van der Waals surface area (Å²) in [6.45, 7) is 12.1. The average Bonchev–Trinajstić information content (AvgIpc) is 3.04. The first-order chi connectivity index (χ1) is 13.9. The molecule has 0 heterocycles. The molecule has 1 aromatic carbocycles. The molecular formula is C27H41NO. The van der Waals surface area contributed by atoms with Gasteiger partial charge in [0.15, 0.2) is 0 Å². The largest absolute Gasteiger partial charge is 0.411 e. The van der Waals surface area contributed by atoms with Crippen LogP contribution >= 0.6 is 0 Å². The van der Waals surface area contributed by atoms with E-state index in [1.807, 2.05) is 0 Å². The molecule has 2 heteroatoms. The maximum absolute atomic E-state index is 9.79. The van der Waals surface area contributed by atoms with Gasteiger partial charge in [-0.3, -0.25) is 0 Å². The van der Waals surface area contributed by atoms with Crippen molar-refractivity contribution in [2.75, 3.05) is 0 Å². The van der Waals surface area contributed by atoms with Crippen LogP contribution in [0.25, 0.3) is 0 Å². The fourth-order valence-electron chi connectivity index (χ4n) is 7.81. The molecule has 6 atom stereocenters. The number of fused-ring (bicyclic) bond motifs is 5. The first-order valence-electron chi connectivity index (χ1n) is 12.2. The predicted octanol–water partition coefficient (Wildman–Crippen LogP) is 7.57. The minimum absolute atomic E-state index is 0.471. The van der Waals surface area contributed by atoms with Crippen LogP contribution in [0.2, 0.25) is 0 Å². The standard InChI is InChI=1S/C27H41NO/c1-17(2)8-6-9-18(3)23-12-13-24-22-16-25(28-29)21-11-7-10-19(4)26(21)20(22)14-15-27(23,24)5/h7,10-11,17-18,20,22-24,29H,6,8-9,12-16H2,1-5H3/b28-25-/t18?,20-,22+,23?,24-,27+/m0/s1. The minimum Gasteiger partial charge on any atom is -0.411 e. The maximum atomic E-state index is 9.79. The Morgan fingerprint density at radius 1 is 1.14 bits per heavy atom. The minimum atomic E-state index is 0.471. The summed E-state index contributed by atoms with van der Waals surface area (Å²) in [5.41, 5.74) is 5.50. The van der Waals surface area contributed by atoms with Crippen molar-refractivity contribution >= 4 is 5.71 Å². The van der Waals surface area contributed by atoms with Gasteiger partial charge >= 0.3 is 0 Å². The van der Waals surface area contributed by atoms with E-state index in [9.17, 15) is 5.21 Å². The maximum Gasteiger partial charge on any atom is 0.0873 e. The van der Waals surface area contributed by atoms with Crippen molar-refractivity contribution in [3.63, 3.8) is 0 Å². The normalized spacial score (nSPS) is 36.0. The van der Waals surface area contributed by atoms with Gasteiger partial charge in [-0.05, 0) is 91.1 Å². The van der Waals surface area contributed by atoms with Gasteiger partial charge in [0, 0.05) is 5.56 Å². The Hall–Kier alpha value is -1.31. The van der Waals surface area contributed by atoms with Crippen LogP contribution < -0.4 is 0 Å². The van der Waals surface area contributed by atoms with Crippen molar-refractivity contribution in [2.45, 2.75) is 91.9 Å². The molecule has 0 bridgehead atoms. The molecule has 2 fully saturated rings. The zero-order valence-corrected chi connectivity index (χ0v) is 19.2. The van der Waals surface area contributed by atoms with Crippen molar-refractivity contribution < 1.29 is 5.21 Å². The lowest BCUT2D eigenvalue weighted by Gasteiger charge is -2.52. The Labute approximate surface area is 178 Å². The van der Waals surface area contributed by atoms with Gasteiger partial charge in [0.1, 0.15) is 0 Å². The molecule has 2 saturated carbocycles. The van der Waals surface area contributed by atoms with Gasteiger partial charge in [0.2, 0.25) is 0 Å². The number of hydrogen-bond donors (Lipinski definition) is 1. The van der Waals surface area contributed by atoms with Crippen LogP contribution in [0, 0.1) is 41.9 Å². The average molecular weight is 396 g/mol. The molecule has 1 aromatic rings. The van der Waals surface area contributed by atoms with Gasteiger partial charge in [-0.2, -0.15) is 0 Å². The third kappa shape index (κ3) is 3.55. The van der Waals surface area contributed by atoms with E-state index in [1.54, 1.807) is 0 Å². The Morgan fingerprint density at radius 2 is 1.93 bits per heavy atom. The number of hydrogen-bond acceptors (Lipinski definition) is 2. The molecule has 4 rings (SSSR count). The fraction of sp³-hybridized carbons (Fsp3) is 0.741. The van der Waals surface area contributed by atoms with Crippen molar-refractivity contribution in [1.29, 1.82) is 0 Å². The van der Waals surface area contributed by atoms with Gasteiger partial charge in [-0.15, -0.1) is 0 Å². The van der Waals surface area contributed by atoms with Gasteiger partial charge < -0.3 is 5.21 Å². The van der Waals surface area contributed by atoms with Crippen molar-refractivity contribution in [3.8, 4) is 0 Å². The molecule has 0 spiro atoms. The van der Waals surface area contributed by atoms with E-state index >= 15 is 0 Å². The summed E-state index contributed by atoms with van der Waals surface area (Å²) in [5, 5.41) is 13.6. The summed E-state index contributed by atoms with van der Waals surface area (Å²) in [6, 6.07) is 6.55. The number of rotatable bonds is 5. The lowest BCUT2D eigenvalue weighted by Crippen LogP contribution is -2.44. The summed E-state index contributed by atoms with van der Waals surface area (Å²) in [5.74, 6) is 4.62. The van der Waals surface area contributed by atoms with Gasteiger partial charge in [-0.25, -0.2) is 0 Å². The highest BCUT2D eigenvalue weighted by molar-refractivity contribution is 6.03. The summed E-state index contributed by atoms with van der Waals surface area (Å²) >= 11 is 0. The molecular weight excluding hydrogens is 354 g/mol.